The van der Waals surface area contributed by atoms with Crippen LogP contribution in [-0.2, 0) is 17.4 Å². The molecule has 5 aromatic rings. The summed E-state index contributed by atoms with van der Waals surface area (Å²) < 4.78 is 15.1. The number of aromatic nitrogens is 2. The van der Waals surface area contributed by atoms with E-state index in [2.05, 4.69) is 39.6 Å². The number of H-pyrrole nitrogens is 1. The number of hydrogen-bond donors (Lipinski definition) is 4. The number of phenolic OH excluding ortho intramolecular Hbond substituents is 1. The summed E-state index contributed by atoms with van der Waals surface area (Å²) >= 11 is 19.2. The molecule has 5 N–H and O–H groups in total. The Balaban J connectivity index is 0.000000511. The molecule has 0 aliphatic carbocycles. The Kier molecular flexibility index (Phi) is 20.3. The smallest absolute Gasteiger partial charge is 0.514 e. The van der Waals surface area contributed by atoms with Crippen LogP contribution in [-0.4, -0.2) is 37.8 Å². The zero-order valence-electron chi connectivity index (χ0n) is 23.9. The number of halogens is 1. The van der Waals surface area contributed by atoms with Crippen LogP contribution in [0.15, 0.2) is 63.4 Å². The fraction of sp³-hybridized carbons (Fsp3) is 0.250. The van der Waals surface area contributed by atoms with Gasteiger partial charge in [0, 0.05) is 11.0 Å². The van der Waals surface area contributed by atoms with Gasteiger partial charge in [0.05, 0.1) is 17.8 Å². The van der Waals surface area contributed by atoms with Crippen molar-refractivity contribution < 1.29 is 75.2 Å². The second-order valence-corrected chi connectivity index (χ2v) is 9.71. The predicted octanol–water partition coefficient (Wildman–Crippen LogP) is 4.73. The number of phenols is 1. The molecule has 0 atom stereocenters. The van der Waals surface area contributed by atoms with Crippen LogP contribution in [0.5, 0.6) is 5.75 Å². The Hall–Kier alpha value is -1.58. The van der Waals surface area contributed by atoms with Gasteiger partial charge in [-0.25, -0.2) is 0 Å². The Morgan fingerprint density at radius 3 is 2.05 bits per heavy atom. The maximum atomic E-state index is 8.92. The summed E-state index contributed by atoms with van der Waals surface area (Å²) in [5.74, 6) is 0.153. The van der Waals surface area contributed by atoms with Crippen LogP contribution in [0, 0.1) is 25.6 Å². The van der Waals surface area contributed by atoms with E-state index < -0.39 is 0 Å². The molecule has 0 aliphatic rings. The molecule has 5 rings (SSSR count). The van der Waals surface area contributed by atoms with E-state index in [0.29, 0.717) is 17.1 Å². The van der Waals surface area contributed by atoms with Crippen LogP contribution in [0.1, 0.15) is 30.5 Å². The van der Waals surface area contributed by atoms with Gasteiger partial charge in [0.15, 0.2) is 11.2 Å². The number of aryl methyl sites for hydroxylation is 3. The number of thiocarbonyl (C=S) groups is 1. The van der Waals surface area contributed by atoms with Gasteiger partial charge in [-0.05, 0) is 112 Å². The molecule has 2 aromatic heterocycles. The van der Waals surface area contributed by atoms with E-state index in [0.717, 1.165) is 33.3 Å². The van der Waals surface area contributed by atoms with Crippen molar-refractivity contribution in [1.29, 1.82) is 0 Å². The fourth-order valence-corrected chi connectivity index (χ4v) is 3.48. The first-order chi connectivity index (χ1) is 18.9. The number of nitrogen functional groups attached to an aromatic ring is 1. The number of nitrogens with two attached hydrogens (primary N) is 1. The van der Waals surface area contributed by atoms with E-state index in [4.69, 9.17) is 48.6 Å². The number of nitrogens with one attached hydrogen (secondary N) is 1. The molecule has 0 aliphatic heterocycles. The Labute approximate surface area is 303 Å². The molecule has 41 heavy (non-hydrogen) atoms. The number of nitrogens with zero attached hydrogens (tertiary/aromatic N) is 1. The van der Waals surface area contributed by atoms with E-state index in [9.17, 15) is 0 Å². The number of aromatic amines is 1. The first-order valence-corrected chi connectivity index (χ1v) is 13.6. The van der Waals surface area contributed by atoms with E-state index in [1.165, 1.54) is 5.56 Å². The molecule has 0 radical (unpaired) electrons. The molecular formula is C28H33ClKN3O5S3. The number of benzene rings is 3. The van der Waals surface area contributed by atoms with Crippen molar-refractivity contribution in [2.45, 2.75) is 34.6 Å². The third kappa shape index (κ3) is 16.0. The normalized spacial score (nSPS) is 9.34. The van der Waals surface area contributed by atoms with Crippen LogP contribution < -0.4 is 57.1 Å². The third-order valence-corrected chi connectivity index (χ3v) is 5.12. The second kappa shape index (κ2) is 21.2. The van der Waals surface area contributed by atoms with E-state index in [1.54, 1.807) is 19.1 Å². The molecule has 3 aromatic carbocycles. The van der Waals surface area contributed by atoms with Gasteiger partial charge in [-0.1, -0.05) is 18.2 Å². The van der Waals surface area contributed by atoms with E-state index in [-0.39, 0.29) is 73.5 Å². The number of aliphatic hydroxyl groups excluding tert-OH is 1. The summed E-state index contributed by atoms with van der Waals surface area (Å²) in [6, 6.07) is 16.8. The van der Waals surface area contributed by atoms with Crippen molar-refractivity contribution in [2.75, 3.05) is 18.9 Å². The van der Waals surface area contributed by atoms with Gasteiger partial charge >= 0.3 is 51.4 Å². The Bertz CT molecular complexity index is 1560. The van der Waals surface area contributed by atoms with Gasteiger partial charge < -0.3 is 59.3 Å². The van der Waals surface area contributed by atoms with Gasteiger partial charge in [0.25, 0.3) is 10.2 Å². The number of oxazole rings is 2. The summed E-state index contributed by atoms with van der Waals surface area (Å²) in [6.07, 6.45) is 0. The van der Waals surface area contributed by atoms with Crippen LogP contribution in [0.4, 0.5) is 5.69 Å². The summed E-state index contributed by atoms with van der Waals surface area (Å²) in [5.41, 5.74) is 12.6. The molecule has 0 fully saturated rings. The molecule has 216 valence electrons. The standard InChI is InChI=1S/C8H6ClNO.C8H7NOS.C7H9NO.C3H6OS2.C2H6O.K/c1-5-2-3-7-6(4-5)10-8(9)11-7;1-5-2-3-7-6(4-5)9-8(11)10-7;1-5-2-3-7(9)6(8)4-5;1-2-4-3(5)6;1-2-3;/h2-4H,1H3;2-4H,1H3,(H,9,11);2-4,9H,8H2,1H3;2H2,1H3,(H,5,6);3H,2H2,1H3;/q;;;;;+1/p-1. The van der Waals surface area contributed by atoms with Crippen molar-refractivity contribution in [3.05, 3.63) is 81.5 Å². The van der Waals surface area contributed by atoms with Gasteiger partial charge in [-0.2, -0.15) is 4.98 Å². The first kappa shape index (κ1) is 39.4. The average molecular weight is 662 g/mol. The molecule has 0 spiro atoms. The van der Waals surface area contributed by atoms with Crippen LogP contribution >= 0.6 is 36.0 Å². The van der Waals surface area contributed by atoms with Crippen LogP contribution in [0.3, 0.4) is 0 Å². The Morgan fingerprint density at radius 1 is 1.00 bits per heavy atom. The number of fused-ring (bicyclic) bond motifs is 2. The maximum Gasteiger partial charge on any atom is 1.00 e. The number of hydrogen-bond acceptors (Lipinski definition) is 10. The van der Waals surface area contributed by atoms with Crippen LogP contribution in [0.25, 0.3) is 22.2 Å². The summed E-state index contributed by atoms with van der Waals surface area (Å²) in [6.45, 7) is 10.3. The van der Waals surface area contributed by atoms with E-state index in [1.807, 2.05) is 70.2 Å². The minimum Gasteiger partial charge on any atom is -0.514 e. The number of anilines is 1. The van der Waals surface area contributed by atoms with Crippen molar-refractivity contribution in [1.82, 2.24) is 9.97 Å². The summed E-state index contributed by atoms with van der Waals surface area (Å²) in [7, 11) is 0. The number of aliphatic hydroxyl groups is 1. The minimum absolute atomic E-state index is 0. The Morgan fingerprint density at radius 2 is 1.54 bits per heavy atom. The molecule has 0 amide bonds. The fourth-order valence-electron chi connectivity index (χ4n) is 2.87. The average Bonchev–Trinajstić information content (AvgIpc) is 3.43. The molecule has 2 heterocycles. The molecule has 0 saturated heterocycles. The summed E-state index contributed by atoms with van der Waals surface area (Å²) in [5, 5.41) is 16.7. The van der Waals surface area contributed by atoms with Gasteiger partial charge in [-0.15, -0.1) is 0 Å². The number of aromatic hydroxyl groups is 1. The first-order valence-electron chi connectivity index (χ1n) is 12.0. The van der Waals surface area contributed by atoms with Crippen molar-refractivity contribution >= 4 is 80.9 Å². The zero-order chi connectivity index (χ0) is 30.2. The predicted molar refractivity (Wildman–Crippen MR) is 171 cm³/mol. The molecule has 0 unspecified atom stereocenters. The molecule has 13 heteroatoms. The monoisotopic (exact) mass is 661 g/mol. The minimum atomic E-state index is 0. The van der Waals surface area contributed by atoms with Crippen molar-refractivity contribution in [2.24, 2.45) is 0 Å². The third-order valence-electron chi connectivity index (χ3n) is 4.54. The zero-order valence-corrected chi connectivity index (χ0v) is 30.2. The molecule has 0 saturated carbocycles. The number of ether oxygens (including phenoxy) is 1. The second-order valence-electron chi connectivity index (χ2n) is 8.01. The molecular weight excluding hydrogens is 629 g/mol. The summed E-state index contributed by atoms with van der Waals surface area (Å²) in [4.78, 5) is 7.36. The van der Waals surface area contributed by atoms with Crippen molar-refractivity contribution in [3.8, 4) is 5.75 Å². The molecule has 8 nitrogen and oxygen atoms in total. The van der Waals surface area contributed by atoms with Crippen molar-refractivity contribution in [3.63, 3.8) is 0 Å². The largest absolute Gasteiger partial charge is 1.00 e. The SMILES string of the molecule is CCO.CCOC(=S)[S-].Cc1ccc(O)c(N)c1.Cc1ccc2oc(=S)[nH]c2c1.Cc1ccc2oc(Cl)nc2c1.[K+]. The van der Waals surface area contributed by atoms with E-state index >= 15 is 0 Å². The van der Waals surface area contributed by atoms with Crippen LogP contribution in [0.2, 0.25) is 5.35 Å². The topological polar surface area (TPSA) is 131 Å². The number of rotatable bonds is 1. The maximum absolute atomic E-state index is 8.92. The quantitative estimate of drug-likeness (QED) is 0.0658. The van der Waals surface area contributed by atoms with Gasteiger partial charge in [0.1, 0.15) is 11.3 Å². The van der Waals surface area contributed by atoms with Gasteiger partial charge in [-0.3, -0.25) is 0 Å². The van der Waals surface area contributed by atoms with Gasteiger partial charge in [0.2, 0.25) is 0 Å². The molecule has 0 bridgehead atoms.